The van der Waals surface area contributed by atoms with Crippen LogP contribution in [0.2, 0.25) is 0 Å². The number of carbonyl (C=O) groups is 1. The molecular formula is C13H12ClN5O2. The second-order valence-electron chi connectivity index (χ2n) is 4.24. The lowest BCUT2D eigenvalue weighted by Gasteiger charge is -2.06. The summed E-state index contributed by atoms with van der Waals surface area (Å²) in [5.74, 6) is -0.320. The topological polar surface area (TPSA) is 92.9 Å². The highest BCUT2D eigenvalue weighted by atomic mass is 35.5. The van der Waals surface area contributed by atoms with E-state index < -0.39 is 5.97 Å². The molecule has 2 N–H and O–H groups in total. The highest BCUT2D eigenvalue weighted by Crippen LogP contribution is 2.22. The summed E-state index contributed by atoms with van der Waals surface area (Å²) < 4.78 is 1.66. The number of aromatic carboxylic acids is 1. The molecule has 0 atom stereocenters. The van der Waals surface area contributed by atoms with Crippen LogP contribution in [0.5, 0.6) is 0 Å². The van der Waals surface area contributed by atoms with Crippen molar-refractivity contribution in [3.8, 4) is 0 Å². The van der Waals surface area contributed by atoms with E-state index >= 15 is 0 Å². The molecule has 0 radical (unpaired) electrons. The van der Waals surface area contributed by atoms with Crippen molar-refractivity contribution in [1.29, 1.82) is 0 Å². The smallest absolute Gasteiger partial charge is 0.335 e. The zero-order valence-corrected chi connectivity index (χ0v) is 11.8. The van der Waals surface area contributed by atoms with Gasteiger partial charge < -0.3 is 10.4 Å². The summed E-state index contributed by atoms with van der Waals surface area (Å²) in [5, 5.41) is 16.9. The van der Waals surface area contributed by atoms with Crippen LogP contribution in [0.15, 0.2) is 36.8 Å². The molecule has 3 rings (SSSR count). The molecule has 108 valence electrons. The minimum atomic E-state index is -0.951. The van der Waals surface area contributed by atoms with Gasteiger partial charge in [0.15, 0.2) is 5.65 Å². The standard InChI is InChI=1S/C13H11N5O2.ClH/c1-18-12-10(6-16-18)11(14-7-15-12)17-9-4-2-8(3-5-9)13(19)20;/h2-7H,1H3,(H,19,20)(H,14,15,17);1H. The molecule has 3 aromatic rings. The van der Waals surface area contributed by atoms with Crippen LogP contribution in [0, 0.1) is 0 Å². The number of hydrogen-bond acceptors (Lipinski definition) is 5. The lowest BCUT2D eigenvalue weighted by atomic mass is 10.2. The second-order valence-corrected chi connectivity index (χ2v) is 4.24. The van der Waals surface area contributed by atoms with Crippen LogP contribution >= 0.6 is 12.4 Å². The maximum absolute atomic E-state index is 10.8. The summed E-state index contributed by atoms with van der Waals surface area (Å²) in [6.45, 7) is 0. The molecule has 0 amide bonds. The Morgan fingerprint density at radius 1 is 1.24 bits per heavy atom. The highest BCUT2D eigenvalue weighted by molar-refractivity contribution is 5.90. The predicted molar refractivity (Wildman–Crippen MR) is 80.2 cm³/mol. The fourth-order valence-electron chi connectivity index (χ4n) is 1.89. The van der Waals surface area contributed by atoms with Crippen molar-refractivity contribution in [2.75, 3.05) is 5.32 Å². The van der Waals surface area contributed by atoms with Crippen molar-refractivity contribution >= 4 is 40.9 Å². The van der Waals surface area contributed by atoms with Gasteiger partial charge in [-0.25, -0.2) is 14.8 Å². The Morgan fingerprint density at radius 3 is 2.62 bits per heavy atom. The molecule has 0 saturated heterocycles. The van der Waals surface area contributed by atoms with E-state index in [1.807, 2.05) is 0 Å². The molecule has 0 aliphatic carbocycles. The number of fused-ring (bicyclic) bond motifs is 1. The van der Waals surface area contributed by atoms with Gasteiger partial charge in [-0.3, -0.25) is 4.68 Å². The molecule has 2 heterocycles. The first-order valence-electron chi connectivity index (χ1n) is 5.88. The molecule has 0 saturated carbocycles. The van der Waals surface area contributed by atoms with Gasteiger partial charge in [0.2, 0.25) is 0 Å². The van der Waals surface area contributed by atoms with E-state index in [-0.39, 0.29) is 18.0 Å². The van der Waals surface area contributed by atoms with Gasteiger partial charge in [-0.1, -0.05) is 0 Å². The number of nitrogens with zero attached hydrogens (tertiary/aromatic N) is 4. The number of carboxylic acid groups (broad SMARTS) is 1. The Labute approximate surface area is 126 Å². The molecular weight excluding hydrogens is 294 g/mol. The van der Waals surface area contributed by atoms with Crippen molar-refractivity contribution in [2.24, 2.45) is 7.05 Å². The number of nitrogens with one attached hydrogen (secondary N) is 1. The average Bonchev–Trinajstić information content (AvgIpc) is 2.82. The van der Waals surface area contributed by atoms with Gasteiger partial charge in [0.05, 0.1) is 17.1 Å². The number of benzene rings is 1. The van der Waals surface area contributed by atoms with Crippen molar-refractivity contribution in [1.82, 2.24) is 19.7 Å². The largest absolute Gasteiger partial charge is 0.478 e. The van der Waals surface area contributed by atoms with E-state index in [0.29, 0.717) is 5.82 Å². The fourth-order valence-corrected chi connectivity index (χ4v) is 1.89. The van der Waals surface area contributed by atoms with Gasteiger partial charge in [-0.05, 0) is 24.3 Å². The van der Waals surface area contributed by atoms with Crippen LogP contribution in [0.1, 0.15) is 10.4 Å². The maximum atomic E-state index is 10.8. The van der Waals surface area contributed by atoms with Gasteiger partial charge in [-0.2, -0.15) is 5.10 Å². The number of rotatable bonds is 3. The lowest BCUT2D eigenvalue weighted by Crippen LogP contribution is -1.99. The van der Waals surface area contributed by atoms with Crippen LogP contribution < -0.4 is 5.32 Å². The number of anilines is 2. The summed E-state index contributed by atoms with van der Waals surface area (Å²) in [6.07, 6.45) is 3.14. The molecule has 7 nitrogen and oxygen atoms in total. The van der Waals surface area contributed by atoms with Crippen LogP contribution in [-0.4, -0.2) is 30.8 Å². The summed E-state index contributed by atoms with van der Waals surface area (Å²) in [5.41, 5.74) is 1.72. The molecule has 2 aromatic heterocycles. The zero-order valence-electron chi connectivity index (χ0n) is 11.0. The third-order valence-electron chi connectivity index (χ3n) is 2.92. The zero-order chi connectivity index (χ0) is 14.1. The predicted octanol–water partition coefficient (Wildman–Crippen LogP) is 2.23. The number of aromatic nitrogens is 4. The Hall–Kier alpha value is -2.67. The van der Waals surface area contributed by atoms with Gasteiger partial charge in [-0.15, -0.1) is 12.4 Å². The van der Waals surface area contributed by atoms with Crippen LogP contribution in [0.3, 0.4) is 0 Å². The number of carboxylic acids is 1. The first-order valence-corrected chi connectivity index (χ1v) is 5.88. The maximum Gasteiger partial charge on any atom is 0.335 e. The van der Waals surface area contributed by atoms with E-state index in [2.05, 4.69) is 20.4 Å². The van der Waals surface area contributed by atoms with E-state index in [0.717, 1.165) is 16.7 Å². The summed E-state index contributed by atoms with van der Waals surface area (Å²) in [6, 6.07) is 6.44. The van der Waals surface area contributed by atoms with E-state index in [1.54, 1.807) is 30.1 Å². The van der Waals surface area contributed by atoms with Crippen LogP contribution in [-0.2, 0) is 7.05 Å². The first kappa shape index (κ1) is 14.7. The molecule has 8 heteroatoms. The van der Waals surface area contributed by atoms with Crippen molar-refractivity contribution < 1.29 is 9.90 Å². The quantitative estimate of drug-likeness (QED) is 0.771. The van der Waals surface area contributed by atoms with Crippen LogP contribution in [0.4, 0.5) is 11.5 Å². The van der Waals surface area contributed by atoms with Gasteiger partial charge >= 0.3 is 5.97 Å². The third-order valence-corrected chi connectivity index (χ3v) is 2.92. The Balaban J connectivity index is 0.00000161. The number of hydrogen-bond donors (Lipinski definition) is 2. The average molecular weight is 306 g/mol. The van der Waals surface area contributed by atoms with E-state index in [9.17, 15) is 4.79 Å². The summed E-state index contributed by atoms with van der Waals surface area (Å²) in [7, 11) is 1.81. The van der Waals surface area contributed by atoms with Gasteiger partial charge in [0.25, 0.3) is 0 Å². The monoisotopic (exact) mass is 305 g/mol. The van der Waals surface area contributed by atoms with Crippen molar-refractivity contribution in [3.63, 3.8) is 0 Å². The van der Waals surface area contributed by atoms with Gasteiger partial charge in [0, 0.05) is 12.7 Å². The molecule has 0 fully saturated rings. The highest BCUT2D eigenvalue weighted by Gasteiger charge is 2.08. The summed E-state index contributed by atoms with van der Waals surface area (Å²) in [4.78, 5) is 19.1. The number of aryl methyl sites for hydroxylation is 1. The fraction of sp³-hybridized carbons (Fsp3) is 0.0769. The van der Waals surface area contributed by atoms with Crippen molar-refractivity contribution in [3.05, 3.63) is 42.4 Å². The third kappa shape index (κ3) is 2.77. The molecule has 0 unspecified atom stereocenters. The molecule has 1 aromatic carbocycles. The molecule has 0 aliphatic rings. The molecule has 0 aliphatic heterocycles. The summed E-state index contributed by atoms with van der Waals surface area (Å²) >= 11 is 0. The minimum absolute atomic E-state index is 0. The molecule has 0 bridgehead atoms. The first-order chi connectivity index (χ1) is 9.65. The Bertz CT molecular complexity index is 785. The van der Waals surface area contributed by atoms with Crippen molar-refractivity contribution in [2.45, 2.75) is 0 Å². The number of halogens is 1. The second kappa shape index (κ2) is 5.76. The van der Waals surface area contributed by atoms with Gasteiger partial charge in [0.1, 0.15) is 12.1 Å². The normalized spacial score (nSPS) is 10.1. The SMILES string of the molecule is Cl.Cn1ncc2c(Nc3ccc(C(=O)O)cc3)ncnc21. The molecule has 21 heavy (non-hydrogen) atoms. The Morgan fingerprint density at radius 2 is 1.95 bits per heavy atom. The van der Waals surface area contributed by atoms with E-state index in [4.69, 9.17) is 5.11 Å². The lowest BCUT2D eigenvalue weighted by molar-refractivity contribution is 0.0697. The van der Waals surface area contributed by atoms with E-state index in [1.165, 1.54) is 18.5 Å². The Kier molecular flexibility index (Phi) is 4.04. The minimum Gasteiger partial charge on any atom is -0.478 e. The van der Waals surface area contributed by atoms with Crippen LogP contribution in [0.25, 0.3) is 11.0 Å². The molecule has 0 spiro atoms.